The lowest BCUT2D eigenvalue weighted by molar-refractivity contribution is -0.181. The Morgan fingerprint density at radius 3 is 2.35 bits per heavy atom. The summed E-state index contributed by atoms with van der Waals surface area (Å²) in [6.45, 7) is 22.9. The number of hydrogen-bond acceptors (Lipinski definition) is 7. The smallest absolute Gasteiger partial charge is 0.454 e. The molecule has 0 N–H and O–H groups in total. The monoisotopic (exact) mass is 532 g/mol. The van der Waals surface area contributed by atoms with Gasteiger partial charge in [-0.25, -0.2) is 4.79 Å². The van der Waals surface area contributed by atoms with E-state index in [0.717, 1.165) is 12.0 Å². The summed E-state index contributed by atoms with van der Waals surface area (Å²) >= 11 is 0. The Bertz CT molecular complexity index is 1090. The molecule has 1 aliphatic heterocycles. The van der Waals surface area contributed by atoms with Crippen LogP contribution in [0.5, 0.6) is 0 Å². The molecule has 4 fully saturated rings. The molecule has 0 aromatic heterocycles. The van der Waals surface area contributed by atoms with Gasteiger partial charge in [0.2, 0.25) is 5.60 Å². The van der Waals surface area contributed by atoms with Gasteiger partial charge >= 0.3 is 12.1 Å². The van der Waals surface area contributed by atoms with Crippen molar-refractivity contribution in [1.29, 1.82) is 0 Å². The maximum Gasteiger partial charge on any atom is 0.509 e. The van der Waals surface area contributed by atoms with E-state index in [4.69, 9.17) is 18.6 Å². The second kappa shape index (κ2) is 7.71. The van der Waals surface area contributed by atoms with Crippen LogP contribution in [0.2, 0.25) is 18.1 Å². The van der Waals surface area contributed by atoms with Gasteiger partial charge in [0, 0.05) is 18.8 Å². The van der Waals surface area contributed by atoms with E-state index >= 15 is 4.79 Å². The summed E-state index contributed by atoms with van der Waals surface area (Å²) < 4.78 is 25.2. The molecule has 4 aliphatic carbocycles. The summed E-state index contributed by atoms with van der Waals surface area (Å²) in [5.74, 6) is -0.719. The molecule has 3 saturated carbocycles. The first-order chi connectivity index (χ1) is 16.8. The minimum Gasteiger partial charge on any atom is -0.454 e. The Kier molecular flexibility index (Phi) is 5.61. The molecule has 0 amide bonds. The number of carbonyl (C=O) groups excluding carboxylic acids is 3. The zero-order chi connectivity index (χ0) is 27.7. The van der Waals surface area contributed by atoms with Crippen LogP contribution in [0.3, 0.4) is 0 Å². The van der Waals surface area contributed by atoms with Crippen molar-refractivity contribution in [3.05, 3.63) is 11.6 Å². The third kappa shape index (κ3) is 3.23. The van der Waals surface area contributed by atoms with E-state index in [0.29, 0.717) is 5.92 Å². The van der Waals surface area contributed by atoms with Crippen molar-refractivity contribution >= 4 is 26.2 Å². The third-order valence-electron chi connectivity index (χ3n) is 11.3. The average molecular weight is 533 g/mol. The summed E-state index contributed by atoms with van der Waals surface area (Å²) in [5.41, 5.74) is -1.84. The van der Waals surface area contributed by atoms with Crippen molar-refractivity contribution in [2.75, 3.05) is 0 Å². The SMILES string of the molecule is CC(=O)OC1C(C)=C[C@@]23C(=O)C([C@H]4C(C[C@H]2C)C4(C)C)[C@H](O[Si](C)(C)C(C)(C)C)[C@H](C)[C@H]2OC(=O)O[C@]123. The molecule has 2 spiro atoms. The minimum absolute atomic E-state index is 0.0156. The molecule has 2 bridgehead atoms. The maximum atomic E-state index is 15.2. The van der Waals surface area contributed by atoms with Gasteiger partial charge in [-0.15, -0.1) is 0 Å². The number of Topliss-reactive ketones (excluding diaryl/α,β-unsaturated/α-hetero) is 1. The molecule has 1 heterocycles. The lowest BCUT2D eigenvalue weighted by Gasteiger charge is -2.47. The number of rotatable bonds is 3. The number of carbonyl (C=O) groups is 3. The molecule has 5 rings (SSSR count). The lowest BCUT2D eigenvalue weighted by Crippen LogP contribution is -2.65. The highest BCUT2D eigenvalue weighted by Crippen LogP contribution is 2.74. The highest BCUT2D eigenvalue weighted by molar-refractivity contribution is 6.74. The van der Waals surface area contributed by atoms with Gasteiger partial charge in [0.1, 0.15) is 0 Å². The normalized spacial score (nSPS) is 45.9. The molecule has 3 unspecified atom stereocenters. The van der Waals surface area contributed by atoms with Crippen molar-refractivity contribution in [1.82, 2.24) is 0 Å². The van der Waals surface area contributed by atoms with Crippen LogP contribution in [0.25, 0.3) is 0 Å². The molecule has 0 radical (unpaired) electrons. The molecule has 5 aliphatic rings. The molecular formula is C29H44O7Si. The largest absolute Gasteiger partial charge is 0.509 e. The van der Waals surface area contributed by atoms with Gasteiger partial charge in [0.25, 0.3) is 0 Å². The Hall–Kier alpha value is -1.67. The van der Waals surface area contributed by atoms with Crippen LogP contribution in [-0.4, -0.2) is 50.1 Å². The fraction of sp³-hybridized carbons (Fsp3) is 0.828. The highest BCUT2D eigenvalue weighted by Gasteiger charge is 2.83. The first-order valence-electron chi connectivity index (χ1n) is 13.8. The van der Waals surface area contributed by atoms with E-state index in [-0.39, 0.29) is 39.9 Å². The molecule has 10 atom stereocenters. The Balaban J connectivity index is 1.77. The second-order valence-electron chi connectivity index (χ2n) is 14.6. The van der Waals surface area contributed by atoms with Gasteiger partial charge < -0.3 is 18.6 Å². The number of fused-ring (bicyclic) bond motifs is 3. The van der Waals surface area contributed by atoms with E-state index < -0.39 is 49.8 Å². The van der Waals surface area contributed by atoms with Crippen molar-refractivity contribution in [2.45, 2.75) is 111 Å². The zero-order valence-electron chi connectivity index (χ0n) is 24.3. The minimum atomic E-state index is -2.33. The predicted molar refractivity (Wildman–Crippen MR) is 140 cm³/mol. The van der Waals surface area contributed by atoms with Crippen LogP contribution in [0.15, 0.2) is 11.6 Å². The zero-order valence-corrected chi connectivity index (χ0v) is 25.3. The first kappa shape index (κ1) is 26.9. The number of esters is 1. The van der Waals surface area contributed by atoms with Crippen LogP contribution in [0.1, 0.15) is 68.7 Å². The van der Waals surface area contributed by atoms with Crippen LogP contribution in [-0.2, 0) is 28.2 Å². The standard InChI is InChI=1S/C29H44O7Si/c1-14-13-28-15(2)12-18-20(27(18,8)9)19(22(28)31)21(36-37(10,11)26(5,6)7)16(3)24-29(28,35-25(32)34-24)23(14)33-17(4)30/h13,15-16,18-21,23-24H,12H2,1-11H3/t15-,16+,18?,19?,20-,21-,23?,24-,28+,29-/m1/s1. The fourth-order valence-corrected chi connectivity index (χ4v) is 9.82. The van der Waals surface area contributed by atoms with Crippen molar-refractivity contribution in [2.24, 2.45) is 40.4 Å². The second-order valence-corrected chi connectivity index (χ2v) is 19.4. The molecule has 206 valence electrons. The van der Waals surface area contributed by atoms with E-state index in [1.165, 1.54) is 6.92 Å². The quantitative estimate of drug-likeness (QED) is 0.263. The average Bonchev–Trinajstić information content (AvgIpc) is 3.03. The van der Waals surface area contributed by atoms with Gasteiger partial charge in [-0.05, 0) is 60.2 Å². The molecule has 7 nitrogen and oxygen atoms in total. The topological polar surface area (TPSA) is 88.1 Å². The Morgan fingerprint density at radius 1 is 1.16 bits per heavy atom. The first-order valence-corrected chi connectivity index (χ1v) is 16.7. The molecule has 0 aromatic carbocycles. The number of hydrogen-bond donors (Lipinski definition) is 0. The summed E-state index contributed by atoms with van der Waals surface area (Å²) in [4.78, 5) is 40.5. The summed E-state index contributed by atoms with van der Waals surface area (Å²) in [6.07, 6.45) is -0.125. The molecule has 1 saturated heterocycles. The van der Waals surface area contributed by atoms with Gasteiger partial charge in [-0.1, -0.05) is 54.5 Å². The summed E-state index contributed by atoms with van der Waals surface area (Å²) in [5, 5.41) is -0.0660. The summed E-state index contributed by atoms with van der Waals surface area (Å²) in [7, 11) is -2.33. The fourth-order valence-electron chi connectivity index (χ4n) is 8.42. The maximum absolute atomic E-state index is 15.2. The summed E-state index contributed by atoms with van der Waals surface area (Å²) in [6, 6.07) is 0. The van der Waals surface area contributed by atoms with E-state index in [1.54, 1.807) is 0 Å². The van der Waals surface area contributed by atoms with Gasteiger partial charge in [-0.3, -0.25) is 9.59 Å². The van der Waals surface area contributed by atoms with Crippen LogP contribution < -0.4 is 0 Å². The highest BCUT2D eigenvalue weighted by atomic mass is 28.4. The van der Waals surface area contributed by atoms with Crippen LogP contribution >= 0.6 is 0 Å². The van der Waals surface area contributed by atoms with Crippen LogP contribution in [0, 0.1) is 40.4 Å². The molecule has 37 heavy (non-hydrogen) atoms. The van der Waals surface area contributed by atoms with Gasteiger partial charge in [0.05, 0.1) is 11.5 Å². The predicted octanol–water partition coefficient (Wildman–Crippen LogP) is 5.68. The van der Waals surface area contributed by atoms with E-state index in [2.05, 4.69) is 54.6 Å². The van der Waals surface area contributed by atoms with E-state index in [1.807, 2.05) is 19.9 Å². The molecule has 0 aromatic rings. The van der Waals surface area contributed by atoms with Crippen molar-refractivity contribution in [3.63, 3.8) is 0 Å². The Labute approximate surface area is 222 Å². The van der Waals surface area contributed by atoms with Crippen molar-refractivity contribution in [3.8, 4) is 0 Å². The number of ether oxygens (including phenoxy) is 3. The van der Waals surface area contributed by atoms with Gasteiger partial charge in [0.15, 0.2) is 26.3 Å². The molecular weight excluding hydrogens is 488 g/mol. The van der Waals surface area contributed by atoms with E-state index in [9.17, 15) is 9.59 Å². The Morgan fingerprint density at radius 2 is 1.78 bits per heavy atom. The third-order valence-corrected chi connectivity index (χ3v) is 15.8. The lowest BCUT2D eigenvalue weighted by atomic mass is 9.59. The van der Waals surface area contributed by atoms with Crippen molar-refractivity contribution < 1.29 is 33.0 Å². The number of ketones is 1. The molecule has 8 heteroatoms. The van der Waals surface area contributed by atoms with Crippen LogP contribution in [0.4, 0.5) is 4.79 Å². The van der Waals surface area contributed by atoms with Gasteiger partial charge in [-0.2, -0.15) is 0 Å².